The molecule has 0 spiro atoms. The number of benzene rings is 2. The van der Waals surface area contributed by atoms with Gasteiger partial charge in [0.15, 0.2) is 11.5 Å². The zero-order valence-electron chi connectivity index (χ0n) is 19.9. The van der Waals surface area contributed by atoms with Gasteiger partial charge < -0.3 is 11.1 Å². The van der Waals surface area contributed by atoms with Crippen LogP contribution in [0.5, 0.6) is 0 Å². The molecule has 1 amide bonds. The molecule has 2 aromatic carbocycles. The second-order valence-electron chi connectivity index (χ2n) is 9.79. The van der Waals surface area contributed by atoms with Crippen molar-refractivity contribution in [3.8, 4) is 5.69 Å². The molecule has 3 aromatic rings. The Kier molecular flexibility index (Phi) is 6.24. The number of hydrogen-bond donors (Lipinski definition) is 2. The molecule has 7 nitrogen and oxygen atoms in total. The van der Waals surface area contributed by atoms with Gasteiger partial charge in [-0.2, -0.15) is 0 Å². The van der Waals surface area contributed by atoms with Gasteiger partial charge in [0.25, 0.3) is 5.91 Å². The molecule has 0 atom stereocenters. The maximum atomic E-state index is 13.3. The number of nitrogen functional groups attached to an aromatic ring is 1. The van der Waals surface area contributed by atoms with Crippen LogP contribution in [0.1, 0.15) is 87.3 Å². The maximum Gasteiger partial charge on any atom is 0.251 e. The quantitative estimate of drug-likeness (QED) is 0.466. The number of ketones is 2. The first-order valence-corrected chi connectivity index (χ1v) is 12.3. The lowest BCUT2D eigenvalue weighted by atomic mass is 10.0. The molecule has 1 aromatic heterocycles. The molecule has 0 bridgehead atoms. The van der Waals surface area contributed by atoms with E-state index in [0.29, 0.717) is 29.0 Å². The first-order valence-electron chi connectivity index (χ1n) is 12.3. The lowest BCUT2D eigenvalue weighted by Crippen LogP contribution is -2.32. The Hall–Kier alpha value is -3.74. The Morgan fingerprint density at radius 2 is 1.74 bits per heavy atom. The number of carbonyl (C=O) groups is 3. The van der Waals surface area contributed by atoms with Gasteiger partial charge in [0, 0.05) is 29.2 Å². The number of amides is 1. The van der Waals surface area contributed by atoms with Crippen molar-refractivity contribution in [3.63, 3.8) is 0 Å². The fourth-order valence-electron chi connectivity index (χ4n) is 4.75. The van der Waals surface area contributed by atoms with E-state index in [0.717, 1.165) is 49.8 Å². The smallest absolute Gasteiger partial charge is 0.251 e. The molecule has 2 aliphatic carbocycles. The third kappa shape index (κ3) is 4.90. The number of nitrogens with two attached hydrogens (primary N) is 1. The van der Waals surface area contributed by atoms with E-state index in [2.05, 4.69) is 10.3 Å². The minimum absolute atomic E-state index is 0.118. The van der Waals surface area contributed by atoms with Crippen molar-refractivity contribution in [1.82, 2.24) is 14.9 Å². The fourth-order valence-corrected chi connectivity index (χ4v) is 4.75. The Balaban J connectivity index is 1.38. The SMILES string of the molecule is Cc1ccc(C(=O)CC2CC2)cc1-n1cnc(C(=O)c2cccc(C(=O)NC3CCCC3)c2)c1N. The Morgan fingerprint density at radius 1 is 1.00 bits per heavy atom. The Morgan fingerprint density at radius 3 is 2.49 bits per heavy atom. The topological polar surface area (TPSA) is 107 Å². The molecule has 3 N–H and O–H groups in total. The largest absolute Gasteiger partial charge is 0.383 e. The first-order chi connectivity index (χ1) is 16.9. The average Bonchev–Trinajstić information content (AvgIpc) is 3.37. The number of rotatable bonds is 8. The summed E-state index contributed by atoms with van der Waals surface area (Å²) >= 11 is 0. The number of carbonyl (C=O) groups excluding carboxylic acids is 3. The monoisotopic (exact) mass is 470 g/mol. The first kappa shape index (κ1) is 23.0. The summed E-state index contributed by atoms with van der Waals surface area (Å²) in [5.41, 5.74) is 9.57. The number of Topliss-reactive ketones (excluding diaryl/α,β-unsaturated/α-hetero) is 1. The van der Waals surface area contributed by atoms with Gasteiger partial charge >= 0.3 is 0 Å². The summed E-state index contributed by atoms with van der Waals surface area (Å²) in [5.74, 6) is 0.302. The van der Waals surface area contributed by atoms with Crippen LogP contribution in [0.2, 0.25) is 0 Å². The Labute approximate surface area is 204 Å². The Bertz CT molecular complexity index is 1300. The summed E-state index contributed by atoms with van der Waals surface area (Å²) in [6.45, 7) is 1.93. The van der Waals surface area contributed by atoms with Gasteiger partial charge in [-0.3, -0.25) is 19.0 Å². The highest BCUT2D eigenvalue weighted by Crippen LogP contribution is 2.34. The van der Waals surface area contributed by atoms with Crippen LogP contribution in [0.15, 0.2) is 48.8 Å². The molecule has 2 aliphatic rings. The van der Waals surface area contributed by atoms with Crippen molar-refractivity contribution in [2.24, 2.45) is 5.92 Å². The molecule has 0 aliphatic heterocycles. The van der Waals surface area contributed by atoms with Crippen molar-refractivity contribution in [3.05, 3.63) is 76.7 Å². The summed E-state index contributed by atoms with van der Waals surface area (Å²) in [5, 5.41) is 3.05. The molecule has 1 heterocycles. The molecule has 0 radical (unpaired) electrons. The second-order valence-corrected chi connectivity index (χ2v) is 9.79. The van der Waals surface area contributed by atoms with E-state index in [-0.39, 0.29) is 35.0 Å². The second kappa shape index (κ2) is 9.49. The van der Waals surface area contributed by atoms with E-state index >= 15 is 0 Å². The highest BCUT2D eigenvalue weighted by Gasteiger charge is 2.26. The highest BCUT2D eigenvalue weighted by atomic mass is 16.2. The van der Waals surface area contributed by atoms with Gasteiger partial charge in [-0.1, -0.05) is 37.1 Å². The minimum atomic E-state index is -0.351. The van der Waals surface area contributed by atoms with Crippen LogP contribution >= 0.6 is 0 Å². The minimum Gasteiger partial charge on any atom is -0.383 e. The van der Waals surface area contributed by atoms with Crippen molar-refractivity contribution in [2.75, 3.05) is 5.73 Å². The van der Waals surface area contributed by atoms with Crippen LogP contribution in [0.3, 0.4) is 0 Å². The van der Waals surface area contributed by atoms with Gasteiger partial charge in [0.2, 0.25) is 5.78 Å². The molecule has 0 saturated heterocycles. The number of nitrogens with zero attached hydrogens (tertiary/aromatic N) is 2. The van der Waals surface area contributed by atoms with Gasteiger partial charge in [-0.25, -0.2) is 4.98 Å². The van der Waals surface area contributed by atoms with E-state index in [1.807, 2.05) is 25.1 Å². The van der Waals surface area contributed by atoms with Crippen LogP contribution < -0.4 is 11.1 Å². The number of aryl methyl sites for hydroxylation is 1. The van der Waals surface area contributed by atoms with Gasteiger partial charge in [-0.15, -0.1) is 0 Å². The van der Waals surface area contributed by atoms with Crippen molar-refractivity contribution >= 4 is 23.3 Å². The van der Waals surface area contributed by atoms with Crippen molar-refractivity contribution in [1.29, 1.82) is 0 Å². The predicted molar refractivity (Wildman–Crippen MR) is 134 cm³/mol. The molecule has 5 rings (SSSR count). The normalized spacial score (nSPS) is 15.8. The molecule has 180 valence electrons. The third-order valence-electron chi connectivity index (χ3n) is 7.06. The fraction of sp³-hybridized carbons (Fsp3) is 0.357. The third-order valence-corrected chi connectivity index (χ3v) is 7.06. The number of nitrogens with one attached hydrogen (secondary N) is 1. The molecule has 7 heteroatoms. The zero-order valence-corrected chi connectivity index (χ0v) is 19.9. The van der Waals surface area contributed by atoms with Gasteiger partial charge in [-0.05, 0) is 62.3 Å². The van der Waals surface area contributed by atoms with Gasteiger partial charge in [0.1, 0.15) is 12.1 Å². The van der Waals surface area contributed by atoms with Crippen LogP contribution in [0.25, 0.3) is 5.69 Å². The maximum absolute atomic E-state index is 13.3. The molecule has 35 heavy (non-hydrogen) atoms. The molecule has 2 saturated carbocycles. The predicted octanol–water partition coefficient (Wildman–Crippen LogP) is 4.65. The van der Waals surface area contributed by atoms with E-state index < -0.39 is 0 Å². The summed E-state index contributed by atoms with van der Waals surface area (Å²) in [6.07, 6.45) is 8.55. The number of hydrogen-bond acceptors (Lipinski definition) is 5. The summed E-state index contributed by atoms with van der Waals surface area (Å²) in [7, 11) is 0. The summed E-state index contributed by atoms with van der Waals surface area (Å²) in [4.78, 5) is 42.9. The van der Waals surface area contributed by atoms with E-state index in [1.54, 1.807) is 28.8 Å². The van der Waals surface area contributed by atoms with Crippen LogP contribution in [0.4, 0.5) is 5.82 Å². The standard InChI is InChI=1S/C28H30N4O3/c1-17-9-12-19(24(33)13-18-10-11-18)15-23(17)32-16-30-25(27(32)29)26(34)20-5-4-6-21(14-20)28(35)31-22-7-2-3-8-22/h4-6,9,12,14-16,18,22H,2-3,7-8,10-11,13,29H2,1H3,(H,31,35). The van der Waals surface area contributed by atoms with Crippen LogP contribution in [-0.2, 0) is 0 Å². The lowest BCUT2D eigenvalue weighted by molar-refractivity contribution is 0.0936. The highest BCUT2D eigenvalue weighted by molar-refractivity contribution is 6.11. The number of aromatic nitrogens is 2. The molecule has 2 fully saturated rings. The van der Waals surface area contributed by atoms with E-state index in [4.69, 9.17) is 5.73 Å². The number of imidazole rings is 1. The zero-order chi connectivity index (χ0) is 24.5. The molecule has 0 unspecified atom stereocenters. The van der Waals surface area contributed by atoms with E-state index in [9.17, 15) is 14.4 Å². The average molecular weight is 471 g/mol. The van der Waals surface area contributed by atoms with Gasteiger partial charge in [0.05, 0.1) is 5.69 Å². The summed E-state index contributed by atoms with van der Waals surface area (Å²) < 4.78 is 1.65. The lowest BCUT2D eigenvalue weighted by Gasteiger charge is -2.12. The van der Waals surface area contributed by atoms with Crippen LogP contribution in [0, 0.1) is 12.8 Å². The van der Waals surface area contributed by atoms with Crippen molar-refractivity contribution < 1.29 is 14.4 Å². The van der Waals surface area contributed by atoms with Crippen LogP contribution in [-0.4, -0.2) is 33.1 Å². The molecular weight excluding hydrogens is 440 g/mol. The number of anilines is 1. The van der Waals surface area contributed by atoms with E-state index in [1.165, 1.54) is 6.33 Å². The van der Waals surface area contributed by atoms with Crippen molar-refractivity contribution in [2.45, 2.75) is 57.9 Å². The molecular formula is C28H30N4O3. The summed E-state index contributed by atoms with van der Waals surface area (Å²) in [6, 6.07) is 12.4.